The lowest BCUT2D eigenvalue weighted by molar-refractivity contribution is -0.143. The quantitative estimate of drug-likeness (QED) is 0.371. The Bertz CT molecular complexity index is 933. The van der Waals surface area contributed by atoms with Gasteiger partial charge in [-0.3, -0.25) is 4.79 Å². The Balaban J connectivity index is 1.57. The van der Waals surface area contributed by atoms with Gasteiger partial charge < -0.3 is 9.30 Å². The third-order valence-corrected chi connectivity index (χ3v) is 5.32. The lowest BCUT2D eigenvalue weighted by Crippen LogP contribution is -2.12. The average molecular weight is 417 g/mol. The smallest absolute Gasteiger partial charge is 0.310 e. The number of halogens is 2. The van der Waals surface area contributed by atoms with Crippen LogP contribution in [0, 0.1) is 6.92 Å². The molecule has 0 unspecified atom stereocenters. The molecule has 4 nitrogen and oxygen atoms in total. The SMILES string of the molecule is Cc1cncn1CCCOC(=O)Cc1ccccc1Cc1c(Cl)cccc1Cl. The van der Waals surface area contributed by atoms with Gasteiger partial charge >= 0.3 is 5.97 Å². The largest absolute Gasteiger partial charge is 0.465 e. The molecular weight excluding hydrogens is 395 g/mol. The van der Waals surface area contributed by atoms with Crippen molar-refractivity contribution in [1.82, 2.24) is 9.55 Å². The lowest BCUT2D eigenvalue weighted by atomic mass is 9.98. The van der Waals surface area contributed by atoms with Crippen LogP contribution in [0.5, 0.6) is 0 Å². The van der Waals surface area contributed by atoms with Crippen LogP contribution in [0.3, 0.4) is 0 Å². The molecular formula is C22H22Cl2N2O2. The Morgan fingerprint density at radius 2 is 1.79 bits per heavy atom. The number of hydrogen-bond acceptors (Lipinski definition) is 3. The van der Waals surface area contributed by atoms with Crippen molar-refractivity contribution in [3.63, 3.8) is 0 Å². The van der Waals surface area contributed by atoms with Gasteiger partial charge in [-0.15, -0.1) is 0 Å². The van der Waals surface area contributed by atoms with E-state index >= 15 is 0 Å². The van der Waals surface area contributed by atoms with Crippen LogP contribution in [0.25, 0.3) is 0 Å². The molecule has 0 saturated heterocycles. The van der Waals surface area contributed by atoms with Crippen molar-refractivity contribution in [2.24, 2.45) is 0 Å². The van der Waals surface area contributed by atoms with E-state index in [2.05, 4.69) is 4.98 Å². The number of carbonyl (C=O) groups is 1. The molecule has 3 aromatic rings. The summed E-state index contributed by atoms with van der Waals surface area (Å²) in [6, 6.07) is 13.3. The number of nitrogens with zero attached hydrogens (tertiary/aromatic N) is 2. The fourth-order valence-electron chi connectivity index (χ4n) is 3.04. The number of aryl methyl sites for hydroxylation is 2. The fraction of sp³-hybridized carbons (Fsp3) is 0.273. The maximum absolute atomic E-state index is 12.3. The summed E-state index contributed by atoms with van der Waals surface area (Å²) in [7, 11) is 0. The Morgan fingerprint density at radius 1 is 1.07 bits per heavy atom. The van der Waals surface area contributed by atoms with Gasteiger partial charge in [-0.1, -0.05) is 53.5 Å². The van der Waals surface area contributed by atoms with Crippen molar-refractivity contribution in [3.8, 4) is 0 Å². The average Bonchev–Trinajstić information content (AvgIpc) is 3.08. The van der Waals surface area contributed by atoms with Crippen molar-refractivity contribution in [1.29, 1.82) is 0 Å². The molecule has 0 aliphatic rings. The van der Waals surface area contributed by atoms with E-state index < -0.39 is 0 Å². The molecule has 0 amide bonds. The molecule has 0 bridgehead atoms. The summed E-state index contributed by atoms with van der Waals surface area (Å²) in [5.74, 6) is -0.236. The molecule has 0 radical (unpaired) electrons. The van der Waals surface area contributed by atoms with Gasteiger partial charge in [0.15, 0.2) is 0 Å². The third kappa shape index (κ3) is 5.37. The maximum atomic E-state index is 12.3. The van der Waals surface area contributed by atoms with Gasteiger partial charge in [-0.05, 0) is 42.2 Å². The summed E-state index contributed by atoms with van der Waals surface area (Å²) in [5, 5.41) is 1.25. The van der Waals surface area contributed by atoms with Crippen molar-refractivity contribution in [3.05, 3.63) is 87.4 Å². The predicted molar refractivity (Wildman–Crippen MR) is 112 cm³/mol. The van der Waals surface area contributed by atoms with Crippen LogP contribution in [0.1, 0.15) is 28.8 Å². The molecule has 146 valence electrons. The Morgan fingerprint density at radius 3 is 2.46 bits per heavy atom. The zero-order valence-electron chi connectivity index (χ0n) is 15.7. The summed E-state index contributed by atoms with van der Waals surface area (Å²) >= 11 is 12.6. The summed E-state index contributed by atoms with van der Waals surface area (Å²) in [6.45, 7) is 3.16. The molecule has 0 fully saturated rings. The van der Waals surface area contributed by atoms with Crippen LogP contribution < -0.4 is 0 Å². The fourth-order valence-corrected chi connectivity index (χ4v) is 3.57. The monoisotopic (exact) mass is 416 g/mol. The number of ether oxygens (including phenoxy) is 1. The first-order chi connectivity index (χ1) is 13.5. The highest BCUT2D eigenvalue weighted by Gasteiger charge is 2.12. The Labute approximate surface area is 175 Å². The highest BCUT2D eigenvalue weighted by molar-refractivity contribution is 6.36. The minimum absolute atomic E-state index is 0.225. The second-order valence-electron chi connectivity index (χ2n) is 6.62. The van der Waals surface area contributed by atoms with E-state index in [9.17, 15) is 4.79 Å². The molecule has 0 atom stereocenters. The lowest BCUT2D eigenvalue weighted by Gasteiger charge is -2.12. The van der Waals surface area contributed by atoms with Crippen LogP contribution >= 0.6 is 23.2 Å². The van der Waals surface area contributed by atoms with Gasteiger partial charge in [0.1, 0.15) is 0 Å². The zero-order valence-corrected chi connectivity index (χ0v) is 17.2. The maximum Gasteiger partial charge on any atom is 0.310 e. The molecule has 1 aromatic heterocycles. The van der Waals surface area contributed by atoms with Crippen LogP contribution in [0.4, 0.5) is 0 Å². The topological polar surface area (TPSA) is 44.1 Å². The van der Waals surface area contributed by atoms with Gasteiger partial charge in [-0.25, -0.2) is 4.98 Å². The van der Waals surface area contributed by atoms with Crippen molar-refractivity contribution in [2.45, 2.75) is 32.7 Å². The Kier molecular flexibility index (Phi) is 7.12. The minimum atomic E-state index is -0.236. The van der Waals surface area contributed by atoms with Gasteiger partial charge in [-0.2, -0.15) is 0 Å². The van der Waals surface area contributed by atoms with E-state index in [1.165, 1.54) is 0 Å². The number of benzene rings is 2. The van der Waals surface area contributed by atoms with E-state index in [0.29, 0.717) is 23.1 Å². The van der Waals surface area contributed by atoms with E-state index in [1.807, 2.05) is 60.2 Å². The van der Waals surface area contributed by atoms with Crippen LogP contribution in [0.15, 0.2) is 55.0 Å². The van der Waals surface area contributed by atoms with Gasteiger partial charge in [0.05, 0.1) is 19.4 Å². The van der Waals surface area contributed by atoms with Crippen molar-refractivity contribution >= 4 is 29.2 Å². The number of aromatic nitrogens is 2. The predicted octanol–water partition coefficient (Wildman–Crippen LogP) is 5.27. The summed E-state index contributed by atoms with van der Waals surface area (Å²) in [5.41, 5.74) is 3.90. The number of imidazole rings is 1. The van der Waals surface area contributed by atoms with Crippen molar-refractivity contribution < 1.29 is 9.53 Å². The number of rotatable bonds is 8. The molecule has 28 heavy (non-hydrogen) atoms. The van der Waals surface area contributed by atoms with E-state index in [1.54, 1.807) is 6.33 Å². The van der Waals surface area contributed by atoms with E-state index in [0.717, 1.165) is 35.3 Å². The van der Waals surface area contributed by atoms with Gasteiger partial charge in [0, 0.05) is 34.9 Å². The van der Waals surface area contributed by atoms with Crippen molar-refractivity contribution in [2.75, 3.05) is 6.61 Å². The minimum Gasteiger partial charge on any atom is -0.465 e. The van der Waals surface area contributed by atoms with Crippen LogP contribution in [0.2, 0.25) is 10.0 Å². The van der Waals surface area contributed by atoms with E-state index in [-0.39, 0.29) is 12.4 Å². The Hall–Kier alpha value is -2.30. The van der Waals surface area contributed by atoms with Crippen LogP contribution in [-0.2, 0) is 28.9 Å². The van der Waals surface area contributed by atoms with Crippen LogP contribution in [-0.4, -0.2) is 22.1 Å². The molecule has 2 aromatic carbocycles. The van der Waals surface area contributed by atoms with Gasteiger partial charge in [0.2, 0.25) is 0 Å². The number of carbonyl (C=O) groups excluding carboxylic acids is 1. The highest BCUT2D eigenvalue weighted by Crippen LogP contribution is 2.28. The third-order valence-electron chi connectivity index (χ3n) is 4.61. The zero-order chi connectivity index (χ0) is 19.9. The molecule has 3 rings (SSSR count). The summed E-state index contributed by atoms with van der Waals surface area (Å²) in [4.78, 5) is 16.4. The normalized spacial score (nSPS) is 10.8. The van der Waals surface area contributed by atoms with Gasteiger partial charge in [0.25, 0.3) is 0 Å². The summed E-state index contributed by atoms with van der Waals surface area (Å²) < 4.78 is 7.45. The summed E-state index contributed by atoms with van der Waals surface area (Å²) in [6.07, 6.45) is 5.14. The highest BCUT2D eigenvalue weighted by atomic mass is 35.5. The second kappa shape index (κ2) is 9.76. The number of hydrogen-bond donors (Lipinski definition) is 0. The van der Waals surface area contributed by atoms with E-state index in [4.69, 9.17) is 27.9 Å². The standard InChI is InChI=1S/C22H22Cl2N2O2/c1-16-14-25-15-26(16)10-5-11-28-22(27)13-18-7-3-2-6-17(18)12-19-20(23)8-4-9-21(19)24/h2-4,6-9,14-15H,5,10-13H2,1H3. The molecule has 0 spiro atoms. The first kappa shape index (κ1) is 20.4. The second-order valence-corrected chi connectivity index (χ2v) is 7.44. The molecule has 0 N–H and O–H groups in total. The molecule has 0 aliphatic carbocycles. The number of esters is 1. The molecule has 0 saturated carbocycles. The first-order valence-corrected chi connectivity index (χ1v) is 9.92. The first-order valence-electron chi connectivity index (χ1n) is 9.16. The molecule has 6 heteroatoms. The molecule has 0 aliphatic heterocycles. The molecule has 1 heterocycles.